The van der Waals surface area contributed by atoms with Crippen molar-refractivity contribution >= 4 is 17.6 Å². The summed E-state index contributed by atoms with van der Waals surface area (Å²) >= 11 is 0. The third kappa shape index (κ3) is 5.58. The van der Waals surface area contributed by atoms with Gasteiger partial charge in [-0.15, -0.1) is 0 Å². The van der Waals surface area contributed by atoms with Gasteiger partial charge in [-0.3, -0.25) is 9.59 Å². The fourth-order valence-electron chi connectivity index (χ4n) is 1.87. The van der Waals surface area contributed by atoms with Crippen molar-refractivity contribution in [3.05, 3.63) is 0 Å². The monoisotopic (exact) mass is 272 g/mol. The predicted octanol–water partition coefficient (Wildman–Crippen LogP) is -0.0251. The van der Waals surface area contributed by atoms with E-state index in [1.807, 2.05) is 13.8 Å². The highest BCUT2D eigenvalue weighted by Crippen LogP contribution is 2.16. The highest BCUT2D eigenvalue weighted by atomic mass is 16.4. The molecule has 0 spiro atoms. The molecule has 0 saturated heterocycles. The average Bonchev–Trinajstić information content (AvgIpc) is 2.26. The van der Waals surface area contributed by atoms with E-state index in [0.29, 0.717) is 6.54 Å². The Balaban J connectivity index is 5.17. The lowest BCUT2D eigenvalue weighted by atomic mass is 9.93. The minimum absolute atomic E-state index is 0.147. The van der Waals surface area contributed by atoms with Crippen LogP contribution in [-0.2, 0) is 9.59 Å². The topological polar surface area (TPSA) is 122 Å². The Labute approximate surface area is 113 Å². The number of primary amides is 1. The van der Waals surface area contributed by atoms with E-state index in [-0.39, 0.29) is 30.1 Å². The molecule has 0 aromatic heterocycles. The third-order valence-corrected chi connectivity index (χ3v) is 2.61. The third-order valence-electron chi connectivity index (χ3n) is 2.61. The molecule has 0 radical (unpaired) electrons. The van der Waals surface area contributed by atoms with Crippen molar-refractivity contribution in [1.29, 1.82) is 0 Å². The van der Waals surface area contributed by atoms with Crippen LogP contribution < -0.4 is 11.5 Å². The van der Waals surface area contributed by atoms with E-state index in [0.717, 1.165) is 0 Å². The molecule has 19 heavy (non-hydrogen) atoms. The van der Waals surface area contributed by atoms with Gasteiger partial charge >= 0.3 is 0 Å². The average molecular weight is 272 g/mol. The summed E-state index contributed by atoms with van der Waals surface area (Å²) in [5, 5.41) is 11.7. The Morgan fingerprint density at radius 1 is 1.21 bits per heavy atom. The van der Waals surface area contributed by atoms with E-state index in [2.05, 4.69) is 5.16 Å². The predicted molar refractivity (Wildman–Crippen MR) is 72.3 cm³/mol. The number of oxime groups is 1. The van der Waals surface area contributed by atoms with Gasteiger partial charge in [-0.1, -0.05) is 32.9 Å². The maximum absolute atomic E-state index is 12.4. The first-order chi connectivity index (χ1) is 8.70. The van der Waals surface area contributed by atoms with Crippen LogP contribution in [0.1, 0.15) is 27.7 Å². The molecule has 0 aliphatic carbocycles. The van der Waals surface area contributed by atoms with E-state index < -0.39 is 11.8 Å². The molecule has 7 nitrogen and oxygen atoms in total. The van der Waals surface area contributed by atoms with Gasteiger partial charge in [0.2, 0.25) is 11.8 Å². The normalized spacial score (nSPS) is 13.7. The second-order valence-electron chi connectivity index (χ2n) is 5.33. The number of nitrogens with zero attached hydrogens (tertiary/aromatic N) is 2. The Morgan fingerprint density at radius 2 is 1.74 bits per heavy atom. The number of hydrogen-bond donors (Lipinski definition) is 3. The highest BCUT2D eigenvalue weighted by molar-refractivity contribution is 6.03. The van der Waals surface area contributed by atoms with Crippen LogP contribution in [0.5, 0.6) is 0 Å². The van der Waals surface area contributed by atoms with Gasteiger partial charge in [0.15, 0.2) is 5.84 Å². The van der Waals surface area contributed by atoms with Gasteiger partial charge in [0.1, 0.15) is 5.92 Å². The molecular formula is C12H24N4O3. The summed E-state index contributed by atoms with van der Waals surface area (Å²) < 4.78 is 0. The molecule has 0 saturated carbocycles. The summed E-state index contributed by atoms with van der Waals surface area (Å²) in [4.78, 5) is 24.8. The summed E-state index contributed by atoms with van der Waals surface area (Å²) in [6.07, 6.45) is 0. The van der Waals surface area contributed by atoms with Crippen LogP contribution in [0, 0.1) is 17.8 Å². The first kappa shape index (κ1) is 17.2. The zero-order chi connectivity index (χ0) is 15.2. The molecule has 0 fully saturated rings. The Morgan fingerprint density at radius 3 is 2.05 bits per heavy atom. The Bertz CT molecular complexity index is 353. The molecule has 5 N–H and O–H groups in total. The van der Waals surface area contributed by atoms with Crippen LogP contribution >= 0.6 is 0 Å². The standard InChI is InChI=1S/C12H24N4O3/c1-7(2)5-16(6-9(13)17)12(18)10(8(3)4)11(14)15-19/h7-8,10,19H,5-6H2,1-4H3,(H2,13,17)(H2,14,15). The van der Waals surface area contributed by atoms with Crippen molar-refractivity contribution in [3.8, 4) is 0 Å². The van der Waals surface area contributed by atoms with Crippen LogP contribution in [0.4, 0.5) is 0 Å². The smallest absolute Gasteiger partial charge is 0.237 e. The molecule has 0 aromatic carbocycles. The van der Waals surface area contributed by atoms with Crippen molar-refractivity contribution in [2.45, 2.75) is 27.7 Å². The second-order valence-corrected chi connectivity index (χ2v) is 5.33. The maximum Gasteiger partial charge on any atom is 0.237 e. The highest BCUT2D eigenvalue weighted by Gasteiger charge is 2.31. The van der Waals surface area contributed by atoms with Gasteiger partial charge in [-0.05, 0) is 11.8 Å². The van der Waals surface area contributed by atoms with Crippen LogP contribution in [0.3, 0.4) is 0 Å². The van der Waals surface area contributed by atoms with E-state index in [4.69, 9.17) is 16.7 Å². The van der Waals surface area contributed by atoms with Crippen molar-refractivity contribution in [3.63, 3.8) is 0 Å². The number of amidine groups is 1. The molecule has 2 amide bonds. The molecule has 0 aliphatic heterocycles. The molecule has 110 valence electrons. The minimum atomic E-state index is -0.761. The van der Waals surface area contributed by atoms with Crippen molar-refractivity contribution < 1.29 is 14.8 Å². The number of rotatable bonds is 7. The fraction of sp³-hybridized carbons (Fsp3) is 0.750. The molecule has 1 atom stereocenters. The SMILES string of the molecule is CC(C)CN(CC(N)=O)C(=O)C(C(N)=NO)C(C)C. The summed E-state index contributed by atoms with van der Waals surface area (Å²) in [5.41, 5.74) is 10.7. The number of carbonyl (C=O) groups excluding carboxylic acids is 2. The molecule has 0 aromatic rings. The van der Waals surface area contributed by atoms with Crippen LogP contribution in [0.25, 0.3) is 0 Å². The zero-order valence-corrected chi connectivity index (χ0v) is 12.0. The van der Waals surface area contributed by atoms with Gasteiger partial charge in [0.25, 0.3) is 0 Å². The molecule has 0 aliphatic rings. The van der Waals surface area contributed by atoms with Crippen molar-refractivity contribution in [1.82, 2.24) is 4.90 Å². The first-order valence-electron chi connectivity index (χ1n) is 6.25. The quantitative estimate of drug-likeness (QED) is 0.261. The second kappa shape index (κ2) is 7.60. The van der Waals surface area contributed by atoms with E-state index >= 15 is 0 Å². The Kier molecular flexibility index (Phi) is 6.89. The van der Waals surface area contributed by atoms with E-state index in [1.54, 1.807) is 13.8 Å². The molecule has 0 rings (SSSR count). The lowest BCUT2D eigenvalue weighted by molar-refractivity contribution is -0.138. The number of nitrogens with two attached hydrogens (primary N) is 2. The number of carbonyl (C=O) groups is 2. The van der Waals surface area contributed by atoms with Crippen molar-refractivity contribution in [2.24, 2.45) is 34.4 Å². The van der Waals surface area contributed by atoms with Crippen LogP contribution in [-0.4, -0.2) is 40.8 Å². The summed E-state index contributed by atoms with van der Waals surface area (Å²) in [7, 11) is 0. The molecular weight excluding hydrogens is 248 g/mol. The maximum atomic E-state index is 12.4. The summed E-state index contributed by atoms with van der Waals surface area (Å²) in [5.74, 6) is -1.82. The molecule has 1 unspecified atom stereocenters. The number of amides is 2. The zero-order valence-electron chi connectivity index (χ0n) is 12.0. The minimum Gasteiger partial charge on any atom is -0.409 e. The van der Waals surface area contributed by atoms with Crippen LogP contribution in [0.2, 0.25) is 0 Å². The van der Waals surface area contributed by atoms with Gasteiger partial charge in [0.05, 0.1) is 6.54 Å². The lowest BCUT2D eigenvalue weighted by Crippen LogP contribution is -2.48. The molecule has 7 heteroatoms. The largest absolute Gasteiger partial charge is 0.409 e. The van der Waals surface area contributed by atoms with E-state index in [1.165, 1.54) is 4.90 Å². The van der Waals surface area contributed by atoms with Gasteiger partial charge in [-0.2, -0.15) is 0 Å². The lowest BCUT2D eigenvalue weighted by Gasteiger charge is -2.29. The van der Waals surface area contributed by atoms with E-state index in [9.17, 15) is 9.59 Å². The van der Waals surface area contributed by atoms with Crippen LogP contribution in [0.15, 0.2) is 5.16 Å². The number of hydrogen-bond acceptors (Lipinski definition) is 4. The molecule has 0 heterocycles. The summed E-state index contributed by atoms with van der Waals surface area (Å²) in [6.45, 7) is 7.66. The fourth-order valence-corrected chi connectivity index (χ4v) is 1.87. The Hall–Kier alpha value is -1.79. The molecule has 0 bridgehead atoms. The summed E-state index contributed by atoms with van der Waals surface area (Å²) in [6, 6.07) is 0. The first-order valence-corrected chi connectivity index (χ1v) is 6.25. The van der Waals surface area contributed by atoms with Gasteiger partial charge < -0.3 is 21.6 Å². The van der Waals surface area contributed by atoms with Gasteiger partial charge in [0, 0.05) is 6.54 Å². The van der Waals surface area contributed by atoms with Gasteiger partial charge in [-0.25, -0.2) is 0 Å². The van der Waals surface area contributed by atoms with Crippen molar-refractivity contribution in [2.75, 3.05) is 13.1 Å².